The average Bonchev–Trinajstić information content (AvgIpc) is 2.30. The fourth-order valence-corrected chi connectivity index (χ4v) is 1.64. The summed E-state index contributed by atoms with van der Waals surface area (Å²) in [5, 5.41) is 3.04. The Morgan fingerprint density at radius 2 is 2.00 bits per heavy atom. The molecule has 0 bridgehead atoms. The number of rotatable bonds is 2. The molecule has 0 atom stereocenters. The fraction of sp³-hybridized carbons (Fsp3) is 0.364. The van der Waals surface area contributed by atoms with E-state index < -0.39 is 0 Å². The Hall–Kier alpha value is -1.26. The molecule has 1 saturated heterocycles. The maximum Gasteiger partial charge on any atom is 0.240 e. The predicted molar refractivity (Wildman–Crippen MR) is 65.5 cm³/mol. The normalized spacial score (nSPS) is 15.6. The monoisotopic (exact) mass is 242 g/mol. The highest BCUT2D eigenvalue weighted by Gasteiger charge is 2.18. The van der Waals surface area contributed by atoms with Gasteiger partial charge in [0.2, 0.25) is 5.91 Å². The minimum Gasteiger partial charge on any atom is -0.497 e. The molecule has 88 valence electrons. The van der Waals surface area contributed by atoms with Crippen molar-refractivity contribution in [1.82, 2.24) is 5.32 Å². The summed E-state index contributed by atoms with van der Waals surface area (Å²) in [6.07, 6.45) is 0. The van der Waals surface area contributed by atoms with E-state index in [1.165, 1.54) is 0 Å². The lowest BCUT2D eigenvalue weighted by Gasteiger charge is -2.27. The first-order chi connectivity index (χ1) is 7.31. The largest absolute Gasteiger partial charge is 0.497 e. The van der Waals surface area contributed by atoms with Crippen LogP contribution in [0, 0.1) is 0 Å². The van der Waals surface area contributed by atoms with Crippen molar-refractivity contribution in [3.05, 3.63) is 24.3 Å². The number of methoxy groups -OCH3 is 1. The molecule has 1 aromatic carbocycles. The number of anilines is 1. The molecule has 1 amide bonds. The molecule has 1 heterocycles. The van der Waals surface area contributed by atoms with Crippen molar-refractivity contribution in [2.75, 3.05) is 31.6 Å². The lowest BCUT2D eigenvalue weighted by atomic mass is 10.2. The molecular formula is C11H15ClN2O2. The fourth-order valence-electron chi connectivity index (χ4n) is 1.64. The standard InChI is InChI=1S/C11H14N2O2.ClH/c1-15-10-4-2-9(3-5-10)13-7-6-12-8-11(13)14;/h2-5,12H,6-8H2,1H3;1H. The minimum absolute atomic E-state index is 0. The summed E-state index contributed by atoms with van der Waals surface area (Å²) in [6.45, 7) is 2.00. The van der Waals surface area contributed by atoms with Gasteiger partial charge >= 0.3 is 0 Å². The predicted octanol–water partition coefficient (Wildman–Crippen LogP) is 1.05. The first-order valence-corrected chi connectivity index (χ1v) is 4.96. The van der Waals surface area contributed by atoms with E-state index in [1.807, 2.05) is 24.3 Å². The SMILES string of the molecule is COc1ccc(N2CCNCC2=O)cc1.Cl. The van der Waals surface area contributed by atoms with E-state index in [1.54, 1.807) is 12.0 Å². The van der Waals surface area contributed by atoms with E-state index in [2.05, 4.69) is 5.32 Å². The van der Waals surface area contributed by atoms with Gasteiger partial charge in [0, 0.05) is 18.8 Å². The van der Waals surface area contributed by atoms with Gasteiger partial charge in [-0.25, -0.2) is 0 Å². The number of amides is 1. The zero-order chi connectivity index (χ0) is 10.7. The molecule has 1 fully saturated rings. The summed E-state index contributed by atoms with van der Waals surface area (Å²) in [4.78, 5) is 13.4. The Morgan fingerprint density at radius 1 is 1.31 bits per heavy atom. The van der Waals surface area contributed by atoms with Gasteiger partial charge in [-0.2, -0.15) is 0 Å². The maximum atomic E-state index is 11.6. The number of halogens is 1. The van der Waals surface area contributed by atoms with Crippen LogP contribution in [0.4, 0.5) is 5.69 Å². The highest BCUT2D eigenvalue weighted by atomic mass is 35.5. The number of ether oxygens (including phenoxy) is 1. The summed E-state index contributed by atoms with van der Waals surface area (Å²) in [7, 11) is 1.63. The smallest absolute Gasteiger partial charge is 0.240 e. The minimum atomic E-state index is 0. The molecule has 16 heavy (non-hydrogen) atoms. The van der Waals surface area contributed by atoms with Gasteiger partial charge in [0.25, 0.3) is 0 Å². The van der Waals surface area contributed by atoms with Crippen LogP contribution in [0.1, 0.15) is 0 Å². The summed E-state index contributed by atoms with van der Waals surface area (Å²) < 4.78 is 5.07. The number of piperazine rings is 1. The number of benzene rings is 1. The average molecular weight is 243 g/mol. The summed E-state index contributed by atoms with van der Waals surface area (Å²) >= 11 is 0. The molecule has 1 aliphatic heterocycles. The lowest BCUT2D eigenvalue weighted by Crippen LogP contribution is -2.48. The van der Waals surface area contributed by atoms with Crippen LogP contribution in [-0.4, -0.2) is 32.7 Å². The molecular weight excluding hydrogens is 228 g/mol. The highest BCUT2D eigenvalue weighted by Crippen LogP contribution is 2.19. The van der Waals surface area contributed by atoms with E-state index in [0.29, 0.717) is 6.54 Å². The lowest BCUT2D eigenvalue weighted by molar-refractivity contribution is -0.118. The van der Waals surface area contributed by atoms with Crippen LogP contribution >= 0.6 is 12.4 Å². The van der Waals surface area contributed by atoms with Gasteiger partial charge < -0.3 is 15.0 Å². The zero-order valence-electron chi connectivity index (χ0n) is 9.10. The Kier molecular flexibility index (Phi) is 4.58. The second-order valence-electron chi connectivity index (χ2n) is 3.42. The number of carbonyl (C=O) groups excluding carboxylic acids is 1. The number of carbonyl (C=O) groups is 1. The van der Waals surface area contributed by atoms with E-state index >= 15 is 0 Å². The highest BCUT2D eigenvalue weighted by molar-refractivity contribution is 5.95. The maximum absolute atomic E-state index is 11.6. The van der Waals surface area contributed by atoms with Crippen molar-refractivity contribution in [3.63, 3.8) is 0 Å². The van der Waals surface area contributed by atoms with Crippen molar-refractivity contribution in [1.29, 1.82) is 0 Å². The van der Waals surface area contributed by atoms with E-state index in [-0.39, 0.29) is 18.3 Å². The molecule has 0 aromatic heterocycles. The van der Waals surface area contributed by atoms with E-state index in [4.69, 9.17) is 4.74 Å². The quantitative estimate of drug-likeness (QED) is 0.843. The van der Waals surface area contributed by atoms with Crippen LogP contribution in [0.15, 0.2) is 24.3 Å². The molecule has 0 spiro atoms. The third kappa shape index (κ3) is 2.65. The Balaban J connectivity index is 0.00000128. The van der Waals surface area contributed by atoms with Gasteiger partial charge in [-0.3, -0.25) is 4.79 Å². The van der Waals surface area contributed by atoms with Gasteiger partial charge in [0.15, 0.2) is 0 Å². The van der Waals surface area contributed by atoms with Gasteiger partial charge in [0.05, 0.1) is 13.7 Å². The molecule has 0 radical (unpaired) electrons. The van der Waals surface area contributed by atoms with Crippen molar-refractivity contribution in [3.8, 4) is 5.75 Å². The molecule has 0 saturated carbocycles. The van der Waals surface area contributed by atoms with Crippen LogP contribution in [0.3, 0.4) is 0 Å². The number of hydrogen-bond acceptors (Lipinski definition) is 3. The van der Waals surface area contributed by atoms with E-state index in [9.17, 15) is 4.79 Å². The number of nitrogens with zero attached hydrogens (tertiary/aromatic N) is 1. The Morgan fingerprint density at radius 3 is 2.56 bits per heavy atom. The van der Waals surface area contributed by atoms with Gasteiger partial charge in [-0.05, 0) is 24.3 Å². The second-order valence-corrected chi connectivity index (χ2v) is 3.42. The Labute approximate surface area is 101 Å². The molecule has 2 rings (SSSR count). The first kappa shape index (κ1) is 12.8. The zero-order valence-corrected chi connectivity index (χ0v) is 9.92. The van der Waals surface area contributed by atoms with Crippen LogP contribution in [0.25, 0.3) is 0 Å². The topological polar surface area (TPSA) is 41.6 Å². The summed E-state index contributed by atoms with van der Waals surface area (Å²) in [6, 6.07) is 7.54. The molecule has 0 unspecified atom stereocenters. The van der Waals surface area contributed by atoms with Crippen LogP contribution in [0.5, 0.6) is 5.75 Å². The van der Waals surface area contributed by atoms with Crippen molar-refractivity contribution >= 4 is 24.0 Å². The van der Waals surface area contributed by atoms with Crippen LogP contribution in [0.2, 0.25) is 0 Å². The molecule has 1 N–H and O–H groups in total. The number of nitrogens with one attached hydrogen (secondary N) is 1. The molecule has 0 aliphatic carbocycles. The first-order valence-electron chi connectivity index (χ1n) is 4.96. The summed E-state index contributed by atoms with van der Waals surface area (Å²) in [5.74, 6) is 0.924. The third-order valence-corrected chi connectivity index (χ3v) is 2.47. The van der Waals surface area contributed by atoms with Gasteiger partial charge in [0.1, 0.15) is 5.75 Å². The van der Waals surface area contributed by atoms with Gasteiger partial charge in [-0.15, -0.1) is 12.4 Å². The van der Waals surface area contributed by atoms with Gasteiger partial charge in [-0.1, -0.05) is 0 Å². The van der Waals surface area contributed by atoms with Crippen LogP contribution < -0.4 is 15.0 Å². The molecule has 1 aliphatic rings. The van der Waals surface area contributed by atoms with Crippen molar-refractivity contribution < 1.29 is 9.53 Å². The van der Waals surface area contributed by atoms with Crippen molar-refractivity contribution in [2.45, 2.75) is 0 Å². The number of hydrogen-bond donors (Lipinski definition) is 1. The Bertz CT molecular complexity index is 354. The van der Waals surface area contributed by atoms with E-state index in [0.717, 1.165) is 24.5 Å². The second kappa shape index (κ2) is 5.72. The molecule has 1 aromatic rings. The van der Waals surface area contributed by atoms with Crippen molar-refractivity contribution in [2.24, 2.45) is 0 Å². The summed E-state index contributed by atoms with van der Waals surface area (Å²) in [5.41, 5.74) is 0.933. The molecule has 4 nitrogen and oxygen atoms in total. The van der Waals surface area contributed by atoms with Crippen LogP contribution in [-0.2, 0) is 4.79 Å². The molecule has 5 heteroatoms. The third-order valence-electron chi connectivity index (χ3n) is 2.47.